The minimum Gasteiger partial charge on any atom is -0.481 e. The zero-order valence-electron chi connectivity index (χ0n) is 12.5. The van der Waals surface area contributed by atoms with Crippen molar-refractivity contribution in [1.82, 2.24) is 4.90 Å². The van der Waals surface area contributed by atoms with Crippen LogP contribution in [0.25, 0.3) is 0 Å². The van der Waals surface area contributed by atoms with E-state index >= 15 is 0 Å². The second kappa shape index (κ2) is 7.13. The van der Waals surface area contributed by atoms with E-state index in [1.807, 2.05) is 0 Å². The monoisotopic (exact) mass is 325 g/mol. The molecule has 4 nitrogen and oxygen atoms in total. The summed E-state index contributed by atoms with van der Waals surface area (Å²) in [5.74, 6) is -0.710. The molecule has 1 amide bonds. The first-order chi connectivity index (χ1) is 10.4. The summed E-state index contributed by atoms with van der Waals surface area (Å²) in [5, 5.41) is 9.27. The standard InChI is InChI=1S/C16H20FNO3S/c1-16(15(20)21)8-4-9-18(11-16)14(19)7-10-22-13-6-3-2-5-12(13)17/h2-3,5-6H,4,7-11H2,1H3,(H,20,21). The Kier molecular flexibility index (Phi) is 5.45. The molecule has 1 fully saturated rings. The van der Waals surface area contributed by atoms with Crippen molar-refractivity contribution in [2.24, 2.45) is 5.41 Å². The van der Waals surface area contributed by atoms with Gasteiger partial charge in [0.2, 0.25) is 5.91 Å². The van der Waals surface area contributed by atoms with Gasteiger partial charge in [0.25, 0.3) is 0 Å². The van der Waals surface area contributed by atoms with Crippen molar-refractivity contribution in [3.8, 4) is 0 Å². The fourth-order valence-electron chi connectivity index (χ4n) is 2.60. The van der Waals surface area contributed by atoms with E-state index in [9.17, 15) is 19.1 Å². The lowest BCUT2D eigenvalue weighted by molar-refractivity contribution is -0.153. The van der Waals surface area contributed by atoms with Gasteiger partial charge >= 0.3 is 5.97 Å². The van der Waals surface area contributed by atoms with Gasteiger partial charge in [-0.2, -0.15) is 0 Å². The van der Waals surface area contributed by atoms with E-state index in [2.05, 4.69) is 0 Å². The number of thioether (sulfide) groups is 1. The highest BCUT2D eigenvalue weighted by Crippen LogP contribution is 2.30. The quantitative estimate of drug-likeness (QED) is 0.846. The van der Waals surface area contributed by atoms with Crippen LogP contribution in [0.15, 0.2) is 29.2 Å². The summed E-state index contributed by atoms with van der Waals surface area (Å²) in [6.45, 7) is 2.54. The molecule has 0 aliphatic carbocycles. The van der Waals surface area contributed by atoms with Gasteiger partial charge in [0, 0.05) is 30.2 Å². The topological polar surface area (TPSA) is 57.6 Å². The van der Waals surface area contributed by atoms with Gasteiger partial charge in [-0.1, -0.05) is 12.1 Å². The Morgan fingerprint density at radius 1 is 1.41 bits per heavy atom. The summed E-state index contributed by atoms with van der Waals surface area (Å²) in [4.78, 5) is 25.7. The Bertz CT molecular complexity index is 566. The first-order valence-corrected chi connectivity index (χ1v) is 8.29. The Morgan fingerprint density at radius 3 is 2.82 bits per heavy atom. The van der Waals surface area contributed by atoms with Gasteiger partial charge in [-0.05, 0) is 31.9 Å². The molecule has 0 spiro atoms. The van der Waals surface area contributed by atoms with Gasteiger partial charge in [-0.25, -0.2) is 4.39 Å². The molecular weight excluding hydrogens is 305 g/mol. The number of benzene rings is 1. The van der Waals surface area contributed by atoms with Crippen molar-refractivity contribution in [3.05, 3.63) is 30.1 Å². The van der Waals surface area contributed by atoms with Gasteiger partial charge in [-0.3, -0.25) is 9.59 Å². The lowest BCUT2D eigenvalue weighted by Gasteiger charge is -2.37. The van der Waals surface area contributed by atoms with Crippen molar-refractivity contribution < 1.29 is 19.1 Å². The van der Waals surface area contributed by atoms with Crippen LogP contribution >= 0.6 is 11.8 Å². The van der Waals surface area contributed by atoms with Gasteiger partial charge in [0.15, 0.2) is 0 Å². The van der Waals surface area contributed by atoms with Crippen molar-refractivity contribution >= 4 is 23.6 Å². The van der Waals surface area contributed by atoms with E-state index in [4.69, 9.17) is 0 Å². The molecule has 0 bridgehead atoms. The number of carboxylic acids is 1. The van der Waals surface area contributed by atoms with E-state index in [0.717, 1.165) is 0 Å². The van der Waals surface area contributed by atoms with Crippen LogP contribution < -0.4 is 0 Å². The molecule has 1 unspecified atom stereocenters. The fourth-order valence-corrected chi connectivity index (χ4v) is 3.47. The van der Waals surface area contributed by atoms with Gasteiger partial charge in [0.05, 0.1) is 5.41 Å². The van der Waals surface area contributed by atoms with Crippen LogP contribution in [0.5, 0.6) is 0 Å². The zero-order valence-corrected chi connectivity index (χ0v) is 13.4. The van der Waals surface area contributed by atoms with E-state index in [0.29, 0.717) is 30.0 Å². The molecule has 1 heterocycles. The predicted octanol–water partition coefficient (Wildman–Crippen LogP) is 3.02. The molecule has 22 heavy (non-hydrogen) atoms. The number of carbonyl (C=O) groups is 2. The maximum Gasteiger partial charge on any atom is 0.311 e. The fraction of sp³-hybridized carbons (Fsp3) is 0.500. The number of rotatable bonds is 5. The highest BCUT2D eigenvalue weighted by Gasteiger charge is 2.39. The molecule has 1 aliphatic heterocycles. The number of piperidine rings is 1. The van der Waals surface area contributed by atoms with Crippen molar-refractivity contribution in [2.45, 2.75) is 31.1 Å². The van der Waals surface area contributed by atoms with Gasteiger partial charge in [-0.15, -0.1) is 11.8 Å². The van der Waals surface area contributed by atoms with E-state index in [1.54, 1.807) is 30.0 Å². The largest absolute Gasteiger partial charge is 0.481 e. The Morgan fingerprint density at radius 2 is 2.14 bits per heavy atom. The number of aliphatic carboxylic acids is 1. The van der Waals surface area contributed by atoms with Gasteiger partial charge in [0.1, 0.15) is 5.82 Å². The van der Waals surface area contributed by atoms with Crippen molar-refractivity contribution in [2.75, 3.05) is 18.8 Å². The smallest absolute Gasteiger partial charge is 0.311 e. The number of carboxylic acid groups (broad SMARTS) is 1. The predicted molar refractivity (Wildman–Crippen MR) is 83.3 cm³/mol. The minimum absolute atomic E-state index is 0.0592. The van der Waals surface area contributed by atoms with Crippen LogP contribution in [-0.4, -0.2) is 40.7 Å². The van der Waals surface area contributed by atoms with Crippen LogP contribution in [0.1, 0.15) is 26.2 Å². The lowest BCUT2D eigenvalue weighted by atomic mass is 9.82. The van der Waals surface area contributed by atoms with E-state index in [1.165, 1.54) is 17.8 Å². The molecule has 0 radical (unpaired) electrons. The van der Waals surface area contributed by atoms with Gasteiger partial charge < -0.3 is 10.0 Å². The number of carbonyl (C=O) groups excluding carboxylic acids is 1. The molecule has 0 aromatic heterocycles. The van der Waals surface area contributed by atoms with Crippen molar-refractivity contribution in [1.29, 1.82) is 0 Å². The average Bonchev–Trinajstić information content (AvgIpc) is 2.49. The SMILES string of the molecule is CC1(C(=O)O)CCCN(C(=O)CCSc2ccccc2F)C1. The molecule has 1 atom stereocenters. The molecule has 6 heteroatoms. The summed E-state index contributed by atoms with van der Waals surface area (Å²) in [6, 6.07) is 6.47. The average molecular weight is 325 g/mol. The zero-order chi connectivity index (χ0) is 16.2. The summed E-state index contributed by atoms with van der Waals surface area (Å²) in [7, 11) is 0. The normalized spacial score (nSPS) is 21.6. The second-order valence-corrected chi connectivity index (χ2v) is 6.95. The number of amides is 1. The third-order valence-electron chi connectivity index (χ3n) is 3.98. The molecule has 120 valence electrons. The summed E-state index contributed by atoms with van der Waals surface area (Å²) < 4.78 is 13.5. The first-order valence-electron chi connectivity index (χ1n) is 7.31. The van der Waals surface area contributed by atoms with E-state index in [-0.39, 0.29) is 24.7 Å². The number of halogens is 1. The number of nitrogens with zero attached hydrogens (tertiary/aromatic N) is 1. The van der Waals surface area contributed by atoms with Crippen LogP contribution in [0.2, 0.25) is 0 Å². The van der Waals surface area contributed by atoms with Crippen LogP contribution in [0.3, 0.4) is 0 Å². The molecule has 1 aromatic carbocycles. The maximum absolute atomic E-state index is 13.5. The van der Waals surface area contributed by atoms with Crippen LogP contribution in [0, 0.1) is 11.2 Å². The molecular formula is C16H20FNO3S. The summed E-state index contributed by atoms with van der Waals surface area (Å²) >= 11 is 1.31. The molecule has 0 saturated carbocycles. The molecule has 1 saturated heterocycles. The second-order valence-electron chi connectivity index (χ2n) is 5.81. The van der Waals surface area contributed by atoms with Crippen LogP contribution in [0.4, 0.5) is 4.39 Å². The molecule has 1 aromatic rings. The van der Waals surface area contributed by atoms with E-state index < -0.39 is 11.4 Å². The third kappa shape index (κ3) is 4.00. The Labute approximate surface area is 133 Å². The lowest BCUT2D eigenvalue weighted by Crippen LogP contribution is -2.48. The molecule has 2 rings (SSSR count). The minimum atomic E-state index is -0.856. The number of hydrogen-bond donors (Lipinski definition) is 1. The molecule has 1 aliphatic rings. The highest BCUT2D eigenvalue weighted by atomic mass is 32.2. The third-order valence-corrected chi connectivity index (χ3v) is 5.03. The Balaban J connectivity index is 1.85. The molecule has 1 N–H and O–H groups in total. The Hall–Kier alpha value is -1.56. The highest BCUT2D eigenvalue weighted by molar-refractivity contribution is 7.99. The number of hydrogen-bond acceptors (Lipinski definition) is 3. The summed E-state index contributed by atoms with van der Waals surface area (Å²) in [6.07, 6.45) is 1.58. The van der Waals surface area contributed by atoms with Crippen LogP contribution in [-0.2, 0) is 9.59 Å². The number of likely N-dealkylation sites (tertiary alicyclic amines) is 1. The maximum atomic E-state index is 13.5. The summed E-state index contributed by atoms with van der Waals surface area (Å²) in [5.41, 5.74) is -0.855. The first kappa shape index (κ1) is 16.8. The van der Waals surface area contributed by atoms with Crippen molar-refractivity contribution in [3.63, 3.8) is 0 Å².